The molecule has 1 atom stereocenters. The summed E-state index contributed by atoms with van der Waals surface area (Å²) < 4.78 is 0. The van der Waals surface area contributed by atoms with Gasteiger partial charge < -0.3 is 5.73 Å². The molecular formula is C18H23N. The van der Waals surface area contributed by atoms with E-state index in [0.717, 1.165) is 13.0 Å². The van der Waals surface area contributed by atoms with E-state index in [4.69, 9.17) is 5.73 Å². The van der Waals surface area contributed by atoms with Gasteiger partial charge in [0.25, 0.3) is 0 Å². The van der Waals surface area contributed by atoms with Gasteiger partial charge in [0.05, 0.1) is 0 Å². The highest BCUT2D eigenvalue weighted by Crippen LogP contribution is 2.21. The van der Waals surface area contributed by atoms with Gasteiger partial charge in [-0.3, -0.25) is 0 Å². The van der Waals surface area contributed by atoms with Crippen LogP contribution in [0.2, 0.25) is 0 Å². The van der Waals surface area contributed by atoms with Gasteiger partial charge in [-0.05, 0) is 41.5 Å². The highest BCUT2D eigenvalue weighted by Gasteiger charge is 2.11. The fraction of sp³-hybridized carbons (Fsp3) is 0.333. The van der Waals surface area contributed by atoms with Gasteiger partial charge in [0, 0.05) is 0 Å². The third-order valence-electron chi connectivity index (χ3n) is 3.80. The first kappa shape index (κ1) is 13.8. The van der Waals surface area contributed by atoms with E-state index in [-0.39, 0.29) is 0 Å². The molecule has 2 N–H and O–H groups in total. The van der Waals surface area contributed by atoms with Crippen molar-refractivity contribution in [2.75, 3.05) is 6.54 Å². The first-order valence-electron chi connectivity index (χ1n) is 7.05. The van der Waals surface area contributed by atoms with Crippen molar-refractivity contribution < 1.29 is 0 Å². The summed E-state index contributed by atoms with van der Waals surface area (Å²) in [5.74, 6) is 1.21. The average molecular weight is 253 g/mol. The van der Waals surface area contributed by atoms with Gasteiger partial charge >= 0.3 is 0 Å². The van der Waals surface area contributed by atoms with Crippen molar-refractivity contribution in [1.29, 1.82) is 0 Å². The normalized spacial score (nSPS) is 12.6. The van der Waals surface area contributed by atoms with Crippen LogP contribution < -0.4 is 5.73 Å². The Morgan fingerprint density at radius 1 is 0.842 bits per heavy atom. The molecule has 0 saturated carbocycles. The maximum Gasteiger partial charge on any atom is -0.00432 e. The lowest BCUT2D eigenvalue weighted by atomic mass is 9.89. The van der Waals surface area contributed by atoms with Gasteiger partial charge in [-0.2, -0.15) is 0 Å². The number of hydrogen-bond donors (Lipinski definition) is 1. The lowest BCUT2D eigenvalue weighted by Gasteiger charge is -2.18. The summed E-state index contributed by atoms with van der Waals surface area (Å²) in [6, 6.07) is 19.4. The molecule has 1 unspecified atom stereocenters. The Morgan fingerprint density at radius 3 is 1.95 bits per heavy atom. The monoisotopic (exact) mass is 253 g/mol. The summed E-state index contributed by atoms with van der Waals surface area (Å²) in [4.78, 5) is 0. The molecule has 2 aromatic carbocycles. The smallest absolute Gasteiger partial charge is 0.00432 e. The SMILES string of the molecule is CC(C)C(CN)Cc1ccc(-c2ccccc2)cc1. The molecule has 0 heterocycles. The maximum atomic E-state index is 5.84. The predicted octanol–water partition coefficient (Wildman–Crippen LogP) is 4.13. The second-order valence-electron chi connectivity index (χ2n) is 5.51. The predicted molar refractivity (Wildman–Crippen MR) is 83.0 cm³/mol. The third kappa shape index (κ3) is 3.68. The summed E-state index contributed by atoms with van der Waals surface area (Å²) in [6.45, 7) is 5.25. The van der Waals surface area contributed by atoms with Gasteiger partial charge in [-0.1, -0.05) is 68.4 Å². The molecule has 1 nitrogen and oxygen atoms in total. The van der Waals surface area contributed by atoms with Crippen LogP contribution >= 0.6 is 0 Å². The summed E-state index contributed by atoms with van der Waals surface area (Å²) in [7, 11) is 0. The third-order valence-corrected chi connectivity index (χ3v) is 3.80. The molecule has 100 valence electrons. The van der Waals surface area contributed by atoms with E-state index in [0.29, 0.717) is 11.8 Å². The quantitative estimate of drug-likeness (QED) is 0.852. The molecular weight excluding hydrogens is 230 g/mol. The molecule has 2 rings (SSSR count). The Kier molecular flexibility index (Phi) is 4.75. The molecule has 0 aromatic heterocycles. The zero-order chi connectivity index (χ0) is 13.7. The Hall–Kier alpha value is -1.60. The minimum absolute atomic E-state index is 0.572. The number of benzene rings is 2. The van der Waals surface area contributed by atoms with Crippen molar-refractivity contribution >= 4 is 0 Å². The molecule has 2 aromatic rings. The first-order valence-corrected chi connectivity index (χ1v) is 7.05. The molecule has 0 aliphatic carbocycles. The van der Waals surface area contributed by atoms with Gasteiger partial charge in [0.1, 0.15) is 0 Å². The second kappa shape index (κ2) is 6.53. The minimum atomic E-state index is 0.572. The van der Waals surface area contributed by atoms with E-state index < -0.39 is 0 Å². The number of hydrogen-bond acceptors (Lipinski definition) is 1. The van der Waals surface area contributed by atoms with Crippen molar-refractivity contribution in [2.24, 2.45) is 17.6 Å². The van der Waals surface area contributed by atoms with E-state index in [1.165, 1.54) is 16.7 Å². The Labute approximate surface area is 116 Å². The summed E-state index contributed by atoms with van der Waals surface area (Å²) in [5.41, 5.74) is 9.77. The Bertz CT molecular complexity index is 485. The largest absolute Gasteiger partial charge is 0.330 e. The van der Waals surface area contributed by atoms with Crippen molar-refractivity contribution in [3.05, 3.63) is 60.2 Å². The summed E-state index contributed by atoms with van der Waals surface area (Å²) in [5, 5.41) is 0. The number of nitrogens with two attached hydrogens (primary N) is 1. The van der Waals surface area contributed by atoms with Crippen LogP contribution in [-0.2, 0) is 6.42 Å². The highest BCUT2D eigenvalue weighted by atomic mass is 14.5. The standard InChI is InChI=1S/C18H23N/c1-14(2)18(13-19)12-15-8-10-17(11-9-15)16-6-4-3-5-7-16/h3-11,14,18H,12-13,19H2,1-2H3. The van der Waals surface area contributed by atoms with E-state index >= 15 is 0 Å². The van der Waals surface area contributed by atoms with E-state index in [2.05, 4.69) is 62.4 Å². The lowest BCUT2D eigenvalue weighted by Crippen LogP contribution is -2.22. The maximum absolute atomic E-state index is 5.84. The van der Waals surface area contributed by atoms with Crippen molar-refractivity contribution in [1.82, 2.24) is 0 Å². The van der Waals surface area contributed by atoms with Crippen LogP contribution in [0.4, 0.5) is 0 Å². The number of rotatable bonds is 5. The van der Waals surface area contributed by atoms with Crippen LogP contribution in [0.5, 0.6) is 0 Å². The van der Waals surface area contributed by atoms with Crippen LogP contribution in [0.3, 0.4) is 0 Å². The first-order chi connectivity index (χ1) is 9.20. The van der Waals surface area contributed by atoms with E-state index in [9.17, 15) is 0 Å². The zero-order valence-electron chi connectivity index (χ0n) is 11.8. The van der Waals surface area contributed by atoms with Crippen LogP contribution in [0.25, 0.3) is 11.1 Å². The molecule has 0 aliphatic rings. The molecule has 0 fully saturated rings. The molecule has 0 radical (unpaired) electrons. The minimum Gasteiger partial charge on any atom is -0.330 e. The fourth-order valence-electron chi connectivity index (χ4n) is 2.36. The van der Waals surface area contributed by atoms with Gasteiger partial charge in [0.15, 0.2) is 0 Å². The Morgan fingerprint density at radius 2 is 1.42 bits per heavy atom. The molecule has 19 heavy (non-hydrogen) atoms. The van der Waals surface area contributed by atoms with E-state index in [1.807, 2.05) is 6.07 Å². The molecule has 1 heteroatoms. The molecule has 0 bridgehead atoms. The van der Waals surface area contributed by atoms with E-state index in [1.54, 1.807) is 0 Å². The lowest BCUT2D eigenvalue weighted by molar-refractivity contribution is 0.392. The summed E-state index contributed by atoms with van der Waals surface area (Å²) >= 11 is 0. The fourth-order valence-corrected chi connectivity index (χ4v) is 2.36. The van der Waals surface area contributed by atoms with Gasteiger partial charge in [-0.15, -0.1) is 0 Å². The topological polar surface area (TPSA) is 26.0 Å². The zero-order valence-corrected chi connectivity index (χ0v) is 11.8. The highest BCUT2D eigenvalue weighted by molar-refractivity contribution is 5.63. The van der Waals surface area contributed by atoms with Gasteiger partial charge in [-0.25, -0.2) is 0 Å². The molecule has 0 amide bonds. The van der Waals surface area contributed by atoms with Crippen LogP contribution in [0.15, 0.2) is 54.6 Å². The van der Waals surface area contributed by atoms with Crippen LogP contribution in [0, 0.1) is 11.8 Å². The van der Waals surface area contributed by atoms with Crippen molar-refractivity contribution in [2.45, 2.75) is 20.3 Å². The summed E-state index contributed by atoms with van der Waals surface area (Å²) in [6.07, 6.45) is 1.07. The second-order valence-corrected chi connectivity index (χ2v) is 5.51. The average Bonchev–Trinajstić information content (AvgIpc) is 2.46. The van der Waals surface area contributed by atoms with Crippen molar-refractivity contribution in [3.63, 3.8) is 0 Å². The molecule has 0 saturated heterocycles. The van der Waals surface area contributed by atoms with Crippen LogP contribution in [-0.4, -0.2) is 6.54 Å². The molecule has 0 spiro atoms. The Balaban J connectivity index is 2.11. The van der Waals surface area contributed by atoms with Crippen molar-refractivity contribution in [3.8, 4) is 11.1 Å². The molecule has 0 aliphatic heterocycles. The van der Waals surface area contributed by atoms with Crippen LogP contribution in [0.1, 0.15) is 19.4 Å². The van der Waals surface area contributed by atoms with Gasteiger partial charge in [0.2, 0.25) is 0 Å².